The van der Waals surface area contributed by atoms with Gasteiger partial charge in [-0.15, -0.1) is 0 Å². The predicted octanol–water partition coefficient (Wildman–Crippen LogP) is 4.39. The van der Waals surface area contributed by atoms with Gasteiger partial charge in [-0.25, -0.2) is 4.79 Å². The van der Waals surface area contributed by atoms with E-state index in [9.17, 15) is 24.0 Å². The van der Waals surface area contributed by atoms with Gasteiger partial charge in [-0.1, -0.05) is 72.8 Å². The molecule has 0 unspecified atom stereocenters. The molecule has 0 saturated carbocycles. The van der Waals surface area contributed by atoms with Crippen LogP contribution in [0.25, 0.3) is 0 Å². The van der Waals surface area contributed by atoms with Crippen LogP contribution in [0.15, 0.2) is 84.9 Å². The monoisotopic (exact) mass is 675 g/mol. The smallest absolute Gasteiger partial charge is 0.408 e. The number of amides is 3. The second-order valence-electron chi connectivity index (χ2n) is 12.1. The molecule has 0 saturated heterocycles. The van der Waals surface area contributed by atoms with Crippen LogP contribution in [-0.2, 0) is 53.0 Å². The van der Waals surface area contributed by atoms with Crippen LogP contribution in [0.1, 0.15) is 57.2 Å². The number of carbonyl (C=O) groups excluding carboxylic acids is 5. The molecular weight excluding hydrogens is 630 g/mol. The average Bonchev–Trinajstić information content (AvgIpc) is 3.07. The minimum absolute atomic E-state index is 0.0420. The first-order valence-corrected chi connectivity index (χ1v) is 16.1. The Kier molecular flexibility index (Phi) is 15.1. The summed E-state index contributed by atoms with van der Waals surface area (Å²) in [6.45, 7) is 6.82. The number of carbonyl (C=O) groups is 5. The summed E-state index contributed by atoms with van der Waals surface area (Å²) in [6.07, 6.45) is -1.14. The first-order valence-electron chi connectivity index (χ1n) is 16.1. The lowest BCUT2D eigenvalue weighted by molar-refractivity contribution is -0.146. The summed E-state index contributed by atoms with van der Waals surface area (Å²) in [5.41, 5.74) is 1.66. The average molecular weight is 676 g/mol. The normalized spacial score (nSPS) is 12.1. The first-order chi connectivity index (χ1) is 23.4. The van der Waals surface area contributed by atoms with Gasteiger partial charge in [0.15, 0.2) is 0 Å². The van der Waals surface area contributed by atoms with Crippen molar-refractivity contribution in [3.05, 3.63) is 102 Å². The van der Waals surface area contributed by atoms with Crippen molar-refractivity contribution in [3.63, 3.8) is 0 Å². The summed E-state index contributed by atoms with van der Waals surface area (Å²) in [5, 5.41) is 7.67. The van der Waals surface area contributed by atoms with Gasteiger partial charge in [0.1, 0.15) is 43.2 Å². The van der Waals surface area contributed by atoms with Crippen LogP contribution >= 0.6 is 0 Å². The second kappa shape index (κ2) is 19.4. The van der Waals surface area contributed by atoms with Crippen LogP contribution in [0.5, 0.6) is 5.75 Å². The molecule has 0 spiro atoms. The Labute approximate surface area is 286 Å². The van der Waals surface area contributed by atoms with Crippen molar-refractivity contribution in [1.29, 1.82) is 0 Å². The van der Waals surface area contributed by atoms with Gasteiger partial charge < -0.3 is 34.9 Å². The number of rotatable bonds is 17. The maximum absolute atomic E-state index is 13.7. The number of benzene rings is 3. The molecule has 262 valence electrons. The van der Waals surface area contributed by atoms with Crippen molar-refractivity contribution < 1.29 is 42.9 Å². The van der Waals surface area contributed by atoms with Crippen LogP contribution in [0.3, 0.4) is 0 Å². The Balaban J connectivity index is 1.72. The van der Waals surface area contributed by atoms with Crippen LogP contribution in [0, 0.1) is 0 Å². The van der Waals surface area contributed by atoms with Crippen molar-refractivity contribution in [2.45, 2.75) is 77.9 Å². The van der Waals surface area contributed by atoms with E-state index in [1.54, 1.807) is 52.0 Å². The zero-order chi connectivity index (χ0) is 35.6. The molecular formula is C37H45N3O9. The number of hydrogen-bond acceptors (Lipinski definition) is 9. The van der Waals surface area contributed by atoms with Crippen molar-refractivity contribution in [3.8, 4) is 5.75 Å². The van der Waals surface area contributed by atoms with Crippen LogP contribution < -0.4 is 20.7 Å². The van der Waals surface area contributed by atoms with Crippen molar-refractivity contribution in [2.24, 2.45) is 0 Å². The Hall–Kier alpha value is -5.39. The molecule has 2 atom stereocenters. The van der Waals surface area contributed by atoms with Gasteiger partial charge >= 0.3 is 18.0 Å². The fourth-order valence-electron chi connectivity index (χ4n) is 4.47. The highest BCUT2D eigenvalue weighted by Gasteiger charge is 2.29. The van der Waals surface area contributed by atoms with E-state index in [0.29, 0.717) is 17.9 Å². The van der Waals surface area contributed by atoms with Crippen LogP contribution in [0.4, 0.5) is 4.79 Å². The molecule has 0 aromatic heterocycles. The summed E-state index contributed by atoms with van der Waals surface area (Å²) in [5.74, 6) is -2.05. The quantitative estimate of drug-likeness (QED) is 0.139. The number of esters is 2. The van der Waals surface area contributed by atoms with Gasteiger partial charge in [-0.05, 0) is 62.9 Å². The van der Waals surface area contributed by atoms with Crippen molar-refractivity contribution in [2.75, 3.05) is 13.2 Å². The van der Waals surface area contributed by atoms with E-state index in [1.165, 1.54) is 0 Å². The van der Waals surface area contributed by atoms with Gasteiger partial charge in [0.25, 0.3) is 0 Å². The van der Waals surface area contributed by atoms with E-state index in [4.69, 9.17) is 18.9 Å². The van der Waals surface area contributed by atoms with Crippen LogP contribution in [-0.4, -0.2) is 60.7 Å². The topological polar surface area (TPSA) is 158 Å². The first kappa shape index (κ1) is 38.1. The Bertz CT molecular complexity index is 1510. The van der Waals surface area contributed by atoms with Crippen molar-refractivity contribution in [1.82, 2.24) is 16.0 Å². The molecule has 49 heavy (non-hydrogen) atoms. The number of hydrogen-bond donors (Lipinski definition) is 3. The summed E-state index contributed by atoms with van der Waals surface area (Å²) in [7, 11) is 0. The molecule has 3 rings (SSSR count). The Morgan fingerprint density at radius 3 is 1.88 bits per heavy atom. The molecule has 0 heterocycles. The van der Waals surface area contributed by atoms with Crippen molar-refractivity contribution >= 4 is 29.8 Å². The zero-order valence-corrected chi connectivity index (χ0v) is 28.4. The lowest BCUT2D eigenvalue weighted by atomic mass is 10.0. The summed E-state index contributed by atoms with van der Waals surface area (Å²) in [6, 6.07) is 23.4. The third kappa shape index (κ3) is 14.9. The number of nitrogens with one attached hydrogen (secondary N) is 3. The van der Waals surface area contributed by atoms with Gasteiger partial charge in [0.2, 0.25) is 11.8 Å². The summed E-state index contributed by atoms with van der Waals surface area (Å²) >= 11 is 0. The molecule has 0 aliphatic carbocycles. The van der Waals surface area contributed by atoms with E-state index < -0.39 is 54.1 Å². The molecule has 0 bridgehead atoms. The molecule has 0 aliphatic rings. The highest BCUT2D eigenvalue weighted by atomic mass is 16.6. The highest BCUT2D eigenvalue weighted by molar-refractivity contribution is 5.92. The number of ether oxygens (including phenoxy) is 4. The van der Waals surface area contributed by atoms with E-state index in [-0.39, 0.29) is 32.5 Å². The molecule has 3 amide bonds. The van der Waals surface area contributed by atoms with Gasteiger partial charge in [-0.3, -0.25) is 19.2 Å². The maximum Gasteiger partial charge on any atom is 0.408 e. The third-order valence-electron chi connectivity index (χ3n) is 6.84. The predicted molar refractivity (Wildman–Crippen MR) is 181 cm³/mol. The minimum Gasteiger partial charge on any atom is -0.489 e. The van der Waals surface area contributed by atoms with Gasteiger partial charge in [0, 0.05) is 12.8 Å². The summed E-state index contributed by atoms with van der Waals surface area (Å²) < 4.78 is 21.5. The molecule has 0 aliphatic heterocycles. The lowest BCUT2D eigenvalue weighted by Gasteiger charge is -2.25. The highest BCUT2D eigenvalue weighted by Crippen LogP contribution is 2.16. The largest absolute Gasteiger partial charge is 0.489 e. The van der Waals surface area contributed by atoms with Gasteiger partial charge in [-0.2, -0.15) is 0 Å². The second-order valence-corrected chi connectivity index (χ2v) is 12.1. The van der Waals surface area contributed by atoms with Crippen LogP contribution in [0.2, 0.25) is 0 Å². The molecule has 12 heteroatoms. The molecule has 3 aromatic rings. The SMILES string of the molecule is CCOC(=O)CNC(=O)[C@@H](CCC(=O)OCc1ccccc1)NC(=O)[C@@H](Cc1ccc(OCc2ccccc2)cc1)NC(=O)OC(C)(C)C. The molecule has 3 aromatic carbocycles. The molecule has 3 N–H and O–H groups in total. The fraction of sp³-hybridized carbons (Fsp3) is 0.378. The lowest BCUT2D eigenvalue weighted by Crippen LogP contribution is -2.55. The maximum atomic E-state index is 13.7. The van der Waals surface area contributed by atoms with E-state index >= 15 is 0 Å². The molecule has 12 nitrogen and oxygen atoms in total. The zero-order valence-electron chi connectivity index (χ0n) is 28.4. The minimum atomic E-state index is -1.25. The molecule has 0 radical (unpaired) electrons. The van der Waals surface area contributed by atoms with E-state index in [2.05, 4.69) is 16.0 Å². The fourth-order valence-corrected chi connectivity index (χ4v) is 4.47. The third-order valence-corrected chi connectivity index (χ3v) is 6.84. The molecule has 0 fully saturated rings. The van der Waals surface area contributed by atoms with E-state index in [1.807, 2.05) is 60.7 Å². The van der Waals surface area contributed by atoms with Gasteiger partial charge in [0.05, 0.1) is 6.61 Å². The van der Waals surface area contributed by atoms with E-state index in [0.717, 1.165) is 11.1 Å². The Morgan fingerprint density at radius 2 is 1.29 bits per heavy atom. The summed E-state index contributed by atoms with van der Waals surface area (Å²) in [4.78, 5) is 64.1. The Morgan fingerprint density at radius 1 is 0.673 bits per heavy atom. The number of alkyl carbamates (subject to hydrolysis) is 1. The standard InChI is InChI=1S/C37H45N3O9/c1-5-46-33(42)23-38-34(43)30(20-21-32(41)48-25-28-14-10-7-11-15-28)39-35(44)31(40-36(45)49-37(2,3)4)22-26-16-18-29(19-17-26)47-24-27-12-8-6-9-13-27/h6-19,30-31H,5,20-25H2,1-4H3,(H,38,43)(H,39,44)(H,40,45)/t30-,31-/m1/s1.